The molecule has 1 unspecified atom stereocenters. The molecule has 98 valence electrons. The van der Waals surface area contributed by atoms with Crippen LogP contribution in [0.5, 0.6) is 0 Å². The molecule has 5 nitrogen and oxygen atoms in total. The Kier molecular flexibility index (Phi) is 4.23. The number of nitrogens with zero attached hydrogens (tertiary/aromatic N) is 2. The van der Waals surface area contributed by atoms with Gasteiger partial charge in [-0.25, -0.2) is 9.78 Å². The minimum atomic E-state index is -1.08. The van der Waals surface area contributed by atoms with Gasteiger partial charge in [-0.05, 0) is 6.42 Å². The zero-order chi connectivity index (χ0) is 13.1. The molecule has 1 amide bonds. The molecule has 1 aliphatic rings. The van der Waals surface area contributed by atoms with Crippen molar-refractivity contribution in [3.63, 3.8) is 0 Å². The van der Waals surface area contributed by atoms with E-state index in [1.54, 1.807) is 4.90 Å². The maximum absolute atomic E-state index is 12.2. The molecule has 1 aromatic rings. The van der Waals surface area contributed by atoms with E-state index in [0.29, 0.717) is 11.8 Å². The molecule has 7 heteroatoms. The molecule has 1 saturated heterocycles. The van der Waals surface area contributed by atoms with Crippen LogP contribution >= 0.6 is 23.1 Å². The van der Waals surface area contributed by atoms with E-state index in [0.717, 1.165) is 30.1 Å². The van der Waals surface area contributed by atoms with Crippen molar-refractivity contribution in [2.75, 3.05) is 18.8 Å². The van der Waals surface area contributed by atoms with Gasteiger partial charge >= 0.3 is 5.97 Å². The van der Waals surface area contributed by atoms with Crippen LogP contribution in [0.4, 0.5) is 0 Å². The smallest absolute Gasteiger partial charge is 0.365 e. The summed E-state index contributed by atoms with van der Waals surface area (Å²) in [7, 11) is 0. The highest BCUT2D eigenvalue weighted by atomic mass is 32.2. The first-order valence-electron chi connectivity index (χ1n) is 5.71. The fourth-order valence-electron chi connectivity index (χ4n) is 1.78. The van der Waals surface area contributed by atoms with Crippen LogP contribution in [-0.2, 0) is 0 Å². The second-order valence-electron chi connectivity index (χ2n) is 4.00. The van der Waals surface area contributed by atoms with E-state index in [-0.39, 0.29) is 16.6 Å². The standard InChI is InChI=1S/C11H14N2O3S2/c1-2-7-5-13(3-4-17-7)10(14)8-6-18-9(12-8)11(15)16/h6-7H,2-5H2,1H3,(H,15,16). The maximum atomic E-state index is 12.2. The second-order valence-corrected chi connectivity index (χ2v) is 6.26. The molecule has 18 heavy (non-hydrogen) atoms. The van der Waals surface area contributed by atoms with Crippen molar-refractivity contribution in [1.82, 2.24) is 9.88 Å². The van der Waals surface area contributed by atoms with E-state index in [2.05, 4.69) is 11.9 Å². The molecule has 1 atom stereocenters. The van der Waals surface area contributed by atoms with Gasteiger partial charge in [0.05, 0.1) is 0 Å². The monoisotopic (exact) mass is 286 g/mol. The Morgan fingerprint density at radius 2 is 2.39 bits per heavy atom. The van der Waals surface area contributed by atoms with Gasteiger partial charge in [0.1, 0.15) is 5.69 Å². The minimum absolute atomic E-state index is 0.0308. The summed E-state index contributed by atoms with van der Waals surface area (Å²) in [5.74, 6) is -0.308. The van der Waals surface area contributed by atoms with E-state index < -0.39 is 5.97 Å². The van der Waals surface area contributed by atoms with Gasteiger partial charge in [0.25, 0.3) is 5.91 Å². The lowest BCUT2D eigenvalue weighted by atomic mass is 10.2. The van der Waals surface area contributed by atoms with Gasteiger partial charge in [-0.15, -0.1) is 11.3 Å². The molecule has 2 rings (SSSR count). The summed E-state index contributed by atoms with van der Waals surface area (Å²) < 4.78 is 0. The number of carbonyl (C=O) groups excluding carboxylic acids is 1. The van der Waals surface area contributed by atoms with Crippen LogP contribution < -0.4 is 0 Å². The van der Waals surface area contributed by atoms with Gasteiger partial charge in [-0.3, -0.25) is 4.79 Å². The molecule has 0 spiro atoms. The first-order valence-corrected chi connectivity index (χ1v) is 7.64. The van der Waals surface area contributed by atoms with Crippen LogP contribution in [0.3, 0.4) is 0 Å². The van der Waals surface area contributed by atoms with Crippen LogP contribution in [-0.4, -0.2) is 51.0 Å². The van der Waals surface area contributed by atoms with Crippen molar-refractivity contribution in [3.05, 3.63) is 16.1 Å². The first kappa shape index (κ1) is 13.4. The molecule has 0 bridgehead atoms. The largest absolute Gasteiger partial charge is 0.476 e. The van der Waals surface area contributed by atoms with E-state index >= 15 is 0 Å². The Labute approximate surface area is 113 Å². The van der Waals surface area contributed by atoms with E-state index in [4.69, 9.17) is 5.11 Å². The van der Waals surface area contributed by atoms with Gasteiger partial charge in [-0.1, -0.05) is 6.92 Å². The minimum Gasteiger partial charge on any atom is -0.476 e. The summed E-state index contributed by atoms with van der Waals surface area (Å²) in [4.78, 5) is 28.5. The van der Waals surface area contributed by atoms with Crippen molar-refractivity contribution in [2.45, 2.75) is 18.6 Å². The number of rotatable bonds is 3. The van der Waals surface area contributed by atoms with E-state index in [9.17, 15) is 9.59 Å². The number of amides is 1. The number of thiazole rings is 1. The topological polar surface area (TPSA) is 70.5 Å². The summed E-state index contributed by atoms with van der Waals surface area (Å²) in [6, 6.07) is 0. The summed E-state index contributed by atoms with van der Waals surface area (Å²) in [6.07, 6.45) is 1.03. The zero-order valence-electron chi connectivity index (χ0n) is 9.96. The van der Waals surface area contributed by atoms with Crippen LogP contribution in [0.1, 0.15) is 33.6 Å². The molecule has 0 aromatic carbocycles. The van der Waals surface area contributed by atoms with Crippen LogP contribution in [0.15, 0.2) is 5.38 Å². The Hall–Kier alpha value is -1.08. The number of carboxylic acids is 1. The number of hydrogen-bond acceptors (Lipinski definition) is 5. The third-order valence-electron chi connectivity index (χ3n) is 2.79. The van der Waals surface area contributed by atoms with E-state index in [1.165, 1.54) is 5.38 Å². The molecule has 0 radical (unpaired) electrons. The van der Waals surface area contributed by atoms with Crippen molar-refractivity contribution in [3.8, 4) is 0 Å². The number of aromatic carboxylic acids is 1. The number of carboxylic acid groups (broad SMARTS) is 1. The molecule has 1 aromatic heterocycles. The number of aromatic nitrogens is 1. The summed E-state index contributed by atoms with van der Waals surface area (Å²) >= 11 is 2.88. The Morgan fingerprint density at radius 1 is 1.61 bits per heavy atom. The molecule has 0 aliphatic carbocycles. The van der Waals surface area contributed by atoms with Crippen LogP contribution in [0, 0.1) is 0 Å². The quantitative estimate of drug-likeness (QED) is 0.917. The van der Waals surface area contributed by atoms with Crippen molar-refractivity contribution in [1.29, 1.82) is 0 Å². The molecular formula is C11H14N2O3S2. The highest BCUT2D eigenvalue weighted by Crippen LogP contribution is 2.22. The third kappa shape index (κ3) is 2.84. The molecule has 1 N–H and O–H groups in total. The average Bonchev–Trinajstić information content (AvgIpc) is 2.87. The van der Waals surface area contributed by atoms with Gasteiger partial charge < -0.3 is 10.0 Å². The number of thioether (sulfide) groups is 1. The molecule has 1 fully saturated rings. The van der Waals surface area contributed by atoms with E-state index in [1.807, 2.05) is 11.8 Å². The second kappa shape index (κ2) is 5.71. The highest BCUT2D eigenvalue weighted by molar-refractivity contribution is 8.00. The molecule has 0 saturated carbocycles. The van der Waals surface area contributed by atoms with Gasteiger partial charge in [0, 0.05) is 29.5 Å². The lowest BCUT2D eigenvalue weighted by Crippen LogP contribution is -2.41. The lowest BCUT2D eigenvalue weighted by molar-refractivity contribution is 0.0696. The lowest BCUT2D eigenvalue weighted by Gasteiger charge is -2.31. The highest BCUT2D eigenvalue weighted by Gasteiger charge is 2.25. The van der Waals surface area contributed by atoms with Crippen LogP contribution in [0.2, 0.25) is 0 Å². The van der Waals surface area contributed by atoms with Crippen molar-refractivity contribution in [2.24, 2.45) is 0 Å². The number of carbonyl (C=O) groups is 2. The third-order valence-corrected chi connectivity index (χ3v) is 4.99. The molecule has 1 aliphatic heterocycles. The molecule has 2 heterocycles. The van der Waals surface area contributed by atoms with Crippen LogP contribution in [0.25, 0.3) is 0 Å². The summed E-state index contributed by atoms with van der Waals surface area (Å²) in [5, 5.41) is 10.8. The summed E-state index contributed by atoms with van der Waals surface area (Å²) in [5.41, 5.74) is 0.249. The SMILES string of the molecule is CCC1CN(C(=O)c2csc(C(=O)O)n2)CCS1. The average molecular weight is 286 g/mol. The Bertz CT molecular complexity index is 461. The normalized spacial score (nSPS) is 19.8. The summed E-state index contributed by atoms with van der Waals surface area (Å²) in [6.45, 7) is 3.54. The fourth-order valence-corrected chi connectivity index (χ4v) is 3.59. The fraction of sp³-hybridized carbons (Fsp3) is 0.545. The predicted octanol–water partition coefficient (Wildman–Crippen LogP) is 1.81. The Balaban J connectivity index is 2.07. The molecular weight excluding hydrogens is 272 g/mol. The zero-order valence-corrected chi connectivity index (χ0v) is 11.6. The van der Waals surface area contributed by atoms with Gasteiger partial charge in [-0.2, -0.15) is 11.8 Å². The predicted molar refractivity (Wildman–Crippen MR) is 71.5 cm³/mol. The first-order chi connectivity index (χ1) is 8.61. The number of hydrogen-bond donors (Lipinski definition) is 1. The van der Waals surface area contributed by atoms with Crippen molar-refractivity contribution >= 4 is 35.0 Å². The maximum Gasteiger partial charge on any atom is 0.365 e. The Morgan fingerprint density at radius 3 is 3.00 bits per heavy atom. The van der Waals surface area contributed by atoms with Gasteiger partial charge in [0.15, 0.2) is 0 Å². The van der Waals surface area contributed by atoms with Crippen molar-refractivity contribution < 1.29 is 14.7 Å². The van der Waals surface area contributed by atoms with Gasteiger partial charge in [0.2, 0.25) is 5.01 Å².